The van der Waals surface area contributed by atoms with Crippen LogP contribution in [0.3, 0.4) is 0 Å². The van der Waals surface area contributed by atoms with Crippen molar-refractivity contribution in [2.75, 3.05) is 0 Å². The van der Waals surface area contributed by atoms with Crippen LogP contribution in [0.5, 0.6) is 0 Å². The molecule has 6 heteroatoms. The fourth-order valence-electron chi connectivity index (χ4n) is 11.9. The second kappa shape index (κ2) is 22.1. The molecule has 11 aromatic carbocycles. The Bertz CT molecular complexity index is 4570. The van der Waals surface area contributed by atoms with Crippen molar-refractivity contribution >= 4 is 45.1 Å². The fraction of sp³-hybridized carbons (Fsp3) is 0.0519. The van der Waals surface area contributed by atoms with Crippen molar-refractivity contribution in [1.29, 1.82) is 0 Å². The van der Waals surface area contributed by atoms with Gasteiger partial charge in [-0.1, -0.05) is 250 Å². The normalized spacial score (nSPS) is 13.7. The van der Waals surface area contributed by atoms with E-state index >= 15 is 0 Å². The number of nitrogens with zero attached hydrogens (tertiary/aromatic N) is 5. The minimum absolute atomic E-state index is 0.363. The number of fused-ring (bicyclic) bond motifs is 5. The van der Waals surface area contributed by atoms with E-state index < -0.39 is 0 Å². The number of amidine groups is 2. The number of aromatic nitrogens is 3. The minimum atomic E-state index is 0.363. The molecule has 0 saturated heterocycles. The molecule has 0 amide bonds. The number of allylic oxidation sites excluding steroid dienone is 4. The highest BCUT2D eigenvalue weighted by Gasteiger charge is 2.27. The summed E-state index contributed by atoms with van der Waals surface area (Å²) < 4.78 is 4.84. The van der Waals surface area contributed by atoms with Gasteiger partial charge in [0.25, 0.3) is 0 Å². The number of hydrogen-bond donors (Lipinski definition) is 1. The monoisotopic (exact) mass is 1070 g/mol. The highest BCUT2D eigenvalue weighted by molar-refractivity contribution is 6.13. The predicted molar refractivity (Wildman–Crippen MR) is 347 cm³/mol. The van der Waals surface area contributed by atoms with E-state index in [1.54, 1.807) is 0 Å². The van der Waals surface area contributed by atoms with Crippen LogP contribution in [0.25, 0.3) is 106 Å². The van der Waals surface area contributed by atoms with Crippen LogP contribution >= 0.6 is 0 Å². The Labute approximate surface area is 483 Å². The van der Waals surface area contributed by atoms with Crippen LogP contribution in [0, 0.1) is 5.92 Å². The van der Waals surface area contributed by atoms with Gasteiger partial charge in [-0.15, -0.1) is 0 Å². The van der Waals surface area contributed by atoms with E-state index in [4.69, 9.17) is 20.7 Å². The lowest BCUT2D eigenvalue weighted by molar-refractivity contribution is 0.748. The zero-order valence-corrected chi connectivity index (χ0v) is 46.0. The van der Waals surface area contributed by atoms with E-state index in [2.05, 4.69) is 259 Å². The van der Waals surface area contributed by atoms with Crippen molar-refractivity contribution in [2.24, 2.45) is 21.6 Å². The van der Waals surface area contributed by atoms with Gasteiger partial charge in [0.05, 0.1) is 34.3 Å². The van der Waals surface area contributed by atoms with Gasteiger partial charge in [-0.2, -0.15) is 0 Å². The van der Waals surface area contributed by atoms with Gasteiger partial charge in [0.1, 0.15) is 5.84 Å². The van der Waals surface area contributed by atoms with Crippen molar-refractivity contribution in [1.82, 2.24) is 14.0 Å². The first-order valence-corrected chi connectivity index (χ1v) is 28.5. The summed E-state index contributed by atoms with van der Waals surface area (Å²) in [7, 11) is 0. The summed E-state index contributed by atoms with van der Waals surface area (Å²) in [6.45, 7) is 2.77. The van der Waals surface area contributed by atoms with Crippen LogP contribution in [-0.2, 0) is 6.54 Å². The van der Waals surface area contributed by atoms with Crippen molar-refractivity contribution in [3.63, 3.8) is 0 Å². The third-order valence-electron chi connectivity index (χ3n) is 16.0. The quantitative estimate of drug-likeness (QED) is 0.0978. The molecule has 1 atom stereocenters. The molecule has 0 saturated carbocycles. The first kappa shape index (κ1) is 50.5. The van der Waals surface area contributed by atoms with Gasteiger partial charge in [-0.05, 0) is 133 Å². The summed E-state index contributed by atoms with van der Waals surface area (Å²) in [5, 5.41) is 0. The molecular formula is C77H58N6. The third-order valence-corrected chi connectivity index (χ3v) is 16.0. The number of rotatable bonds is 12. The molecule has 1 aliphatic rings. The van der Waals surface area contributed by atoms with Gasteiger partial charge >= 0.3 is 0 Å². The van der Waals surface area contributed by atoms with E-state index in [1.807, 2.05) is 48.5 Å². The number of aliphatic imine (C=N–C) groups is 2. The molecule has 396 valence electrons. The SMILES string of the molecule is CC1C=CC=C(c2cc(-c3ccccc3)cc(-c3ccccc3)c2-n2c3ccc(-c4c(-c5ccccc5)cc(C(N)=NC(=NCc5ccccc5)c5ccccc5)cc4-c4ccccc4)cc3n3c4cc(-c5ccccc5)ccc4nc23)C1. The van der Waals surface area contributed by atoms with Gasteiger partial charge in [0.2, 0.25) is 5.78 Å². The van der Waals surface area contributed by atoms with Crippen LogP contribution in [0.15, 0.2) is 301 Å². The second-order valence-electron chi connectivity index (χ2n) is 21.4. The maximum absolute atomic E-state index is 7.29. The summed E-state index contributed by atoms with van der Waals surface area (Å²) >= 11 is 0. The molecule has 13 aromatic rings. The molecule has 6 nitrogen and oxygen atoms in total. The average Bonchev–Trinajstić information content (AvgIpc) is 2.87. The maximum atomic E-state index is 7.29. The fourth-order valence-corrected chi connectivity index (χ4v) is 11.9. The number of hydrogen-bond acceptors (Lipinski definition) is 2. The van der Waals surface area contributed by atoms with Crippen LogP contribution in [0.2, 0.25) is 0 Å². The van der Waals surface area contributed by atoms with Crippen LogP contribution in [0.1, 0.15) is 35.6 Å². The van der Waals surface area contributed by atoms with Gasteiger partial charge < -0.3 is 5.73 Å². The minimum Gasteiger partial charge on any atom is -0.383 e. The van der Waals surface area contributed by atoms with E-state index in [-0.39, 0.29) is 0 Å². The molecule has 83 heavy (non-hydrogen) atoms. The molecule has 0 spiro atoms. The smallest absolute Gasteiger partial charge is 0.220 e. The Morgan fingerprint density at radius 1 is 0.470 bits per heavy atom. The second-order valence-corrected chi connectivity index (χ2v) is 21.4. The van der Waals surface area contributed by atoms with Crippen LogP contribution in [-0.4, -0.2) is 25.6 Å². The zero-order chi connectivity index (χ0) is 55.6. The zero-order valence-electron chi connectivity index (χ0n) is 46.0. The summed E-state index contributed by atoms with van der Waals surface area (Å²) in [6.07, 6.45) is 7.75. The lowest BCUT2D eigenvalue weighted by Crippen LogP contribution is -2.17. The standard InChI is InChI=1S/C77H58N6/c1-52-24-23-39-61(44-52)68-46-63(55-29-13-4-14-30-55)45-67(58-35-19-7-20-36-58)74(68)83-70-43-41-62(50-72(70)82-71-49-60(54-27-11-3-12-28-54)40-42-69(71)80-77(82)83)73-65(56-31-15-5-16-32-56)47-64(48-66(73)57-33-17-6-18-34-57)75(78)81-76(59-37-21-8-22-38-59)79-51-53-25-9-2-10-26-53/h2-43,45-50,52H,44,51H2,1H3,(H2,78,79,81). The number of nitrogens with two attached hydrogens (primary N) is 1. The first-order chi connectivity index (χ1) is 41.0. The molecular weight excluding hydrogens is 1010 g/mol. The van der Waals surface area contributed by atoms with Crippen molar-refractivity contribution in [2.45, 2.75) is 19.9 Å². The largest absolute Gasteiger partial charge is 0.383 e. The lowest BCUT2D eigenvalue weighted by Gasteiger charge is -2.23. The summed E-state index contributed by atoms with van der Waals surface area (Å²) in [5.41, 5.74) is 30.7. The molecule has 0 radical (unpaired) electrons. The maximum Gasteiger partial charge on any atom is 0.220 e. The first-order valence-electron chi connectivity index (χ1n) is 28.5. The molecule has 14 rings (SSSR count). The lowest BCUT2D eigenvalue weighted by atomic mass is 9.85. The average molecular weight is 1070 g/mol. The van der Waals surface area contributed by atoms with Gasteiger partial charge in [0.15, 0.2) is 5.84 Å². The molecule has 1 aliphatic carbocycles. The van der Waals surface area contributed by atoms with E-state index in [9.17, 15) is 0 Å². The van der Waals surface area contributed by atoms with Crippen molar-refractivity contribution < 1.29 is 0 Å². The van der Waals surface area contributed by atoms with Crippen LogP contribution in [0.4, 0.5) is 0 Å². The van der Waals surface area contributed by atoms with Gasteiger partial charge in [0, 0.05) is 22.3 Å². The van der Waals surface area contributed by atoms with E-state index in [0.29, 0.717) is 24.1 Å². The van der Waals surface area contributed by atoms with E-state index in [0.717, 1.165) is 118 Å². The Kier molecular flexibility index (Phi) is 13.5. The summed E-state index contributed by atoms with van der Waals surface area (Å²) in [4.78, 5) is 15.9. The number of benzene rings is 11. The Balaban J connectivity index is 1.06. The highest BCUT2D eigenvalue weighted by atomic mass is 15.2. The van der Waals surface area contributed by atoms with E-state index in [1.165, 1.54) is 16.7 Å². The van der Waals surface area contributed by atoms with Crippen LogP contribution < -0.4 is 5.73 Å². The van der Waals surface area contributed by atoms with Crippen molar-refractivity contribution in [3.05, 3.63) is 313 Å². The van der Waals surface area contributed by atoms with Gasteiger partial charge in [-0.3, -0.25) is 14.0 Å². The van der Waals surface area contributed by atoms with Gasteiger partial charge in [-0.25, -0.2) is 9.98 Å². The summed E-state index contributed by atoms with van der Waals surface area (Å²) in [5.74, 6) is 2.13. The Morgan fingerprint density at radius 3 is 1.59 bits per heavy atom. The Morgan fingerprint density at radius 2 is 0.988 bits per heavy atom. The molecule has 0 aliphatic heterocycles. The molecule has 2 aromatic heterocycles. The highest BCUT2D eigenvalue weighted by Crippen LogP contribution is 2.46. The predicted octanol–water partition coefficient (Wildman–Crippen LogP) is 18.8. The third kappa shape index (κ3) is 9.87. The molecule has 0 fully saturated rings. The topological polar surface area (TPSA) is 73.0 Å². The molecule has 2 heterocycles. The molecule has 2 N–H and O–H groups in total. The molecule has 0 bridgehead atoms. The van der Waals surface area contributed by atoms with Crippen molar-refractivity contribution in [3.8, 4) is 72.4 Å². The molecule has 1 unspecified atom stereocenters. The summed E-state index contributed by atoms with van der Waals surface area (Å²) in [6, 6.07) is 96.8. The Hall–Kier alpha value is -10.7. The number of imidazole rings is 2.